The first-order chi connectivity index (χ1) is 9.08. The van der Waals surface area contributed by atoms with Gasteiger partial charge in [0.2, 0.25) is 0 Å². The minimum atomic E-state index is 0.940. The van der Waals surface area contributed by atoms with Gasteiger partial charge < -0.3 is 0 Å². The van der Waals surface area contributed by atoms with Crippen LogP contribution in [0.25, 0.3) is 5.69 Å². The summed E-state index contributed by atoms with van der Waals surface area (Å²) in [6.07, 6.45) is 4.83. The van der Waals surface area contributed by atoms with Crippen molar-refractivity contribution >= 4 is 71.3 Å². The summed E-state index contributed by atoms with van der Waals surface area (Å²) in [5, 5.41) is 0. The van der Waals surface area contributed by atoms with E-state index in [1.54, 1.807) is 11.3 Å². The zero-order chi connectivity index (χ0) is 13.6. The van der Waals surface area contributed by atoms with Gasteiger partial charge in [-0.1, -0.05) is 15.9 Å². The van der Waals surface area contributed by atoms with Crippen molar-refractivity contribution in [1.82, 2.24) is 4.57 Å². The van der Waals surface area contributed by atoms with Crippen molar-refractivity contribution in [2.24, 2.45) is 0 Å². The molecule has 0 spiro atoms. The molecule has 1 aliphatic carbocycles. The normalized spacial score (nSPS) is 14.5. The Morgan fingerprint density at radius 3 is 2.37 bits per heavy atom. The van der Waals surface area contributed by atoms with Gasteiger partial charge in [0.1, 0.15) is 0 Å². The molecular weight excluding hydrogens is 474 g/mol. The molecule has 0 amide bonds. The lowest BCUT2D eigenvalue weighted by atomic mass is 10.0. The van der Waals surface area contributed by atoms with Gasteiger partial charge in [0.15, 0.2) is 3.95 Å². The summed E-state index contributed by atoms with van der Waals surface area (Å²) in [5.41, 5.74) is 2.51. The summed E-state index contributed by atoms with van der Waals surface area (Å²) in [7, 11) is 0. The van der Waals surface area contributed by atoms with Gasteiger partial charge >= 0.3 is 0 Å². The van der Waals surface area contributed by atoms with Crippen LogP contribution in [0.2, 0.25) is 0 Å². The van der Waals surface area contributed by atoms with Crippen LogP contribution in [-0.2, 0) is 12.8 Å². The lowest BCUT2D eigenvalue weighted by molar-refractivity contribution is 0.665. The van der Waals surface area contributed by atoms with E-state index in [4.69, 9.17) is 12.2 Å². The van der Waals surface area contributed by atoms with Crippen LogP contribution in [0.4, 0.5) is 0 Å². The van der Waals surface area contributed by atoms with Gasteiger partial charge in [-0.15, -0.1) is 11.3 Å². The van der Waals surface area contributed by atoms with Gasteiger partial charge in [-0.3, -0.25) is 4.57 Å². The molecule has 0 saturated heterocycles. The quantitative estimate of drug-likeness (QED) is 0.423. The molecule has 100 valence electrons. The highest BCUT2D eigenvalue weighted by atomic mass is 79.9. The first-order valence-electron chi connectivity index (χ1n) is 5.96. The number of thiazole rings is 1. The van der Waals surface area contributed by atoms with Crippen molar-refractivity contribution < 1.29 is 0 Å². The van der Waals surface area contributed by atoms with Crippen LogP contribution < -0.4 is 0 Å². The van der Waals surface area contributed by atoms with Gasteiger partial charge in [-0.05, 0) is 81.9 Å². The minimum Gasteiger partial charge on any atom is -0.293 e. The van der Waals surface area contributed by atoms with Crippen molar-refractivity contribution in [3.63, 3.8) is 0 Å². The second-order valence-corrected chi connectivity index (χ2v) is 8.85. The van der Waals surface area contributed by atoms with Crippen LogP contribution in [0.3, 0.4) is 0 Å². The predicted octanol–water partition coefficient (Wildman–Crippen LogP) is 6.43. The number of halogens is 3. The van der Waals surface area contributed by atoms with Crippen LogP contribution in [0.1, 0.15) is 23.4 Å². The van der Waals surface area contributed by atoms with E-state index < -0.39 is 0 Å². The lowest BCUT2D eigenvalue weighted by Crippen LogP contribution is -2.08. The molecule has 6 heteroatoms. The Kier molecular flexibility index (Phi) is 4.35. The molecule has 0 fully saturated rings. The third kappa shape index (κ3) is 2.67. The third-order valence-electron chi connectivity index (χ3n) is 3.26. The van der Waals surface area contributed by atoms with Crippen LogP contribution >= 0.6 is 71.3 Å². The molecule has 3 rings (SSSR count). The summed E-state index contributed by atoms with van der Waals surface area (Å²) in [4.78, 5) is 1.46. The second-order valence-electron chi connectivity index (χ2n) is 4.50. The molecule has 1 nitrogen and oxygen atoms in total. The Bertz CT molecular complexity index is 679. The summed E-state index contributed by atoms with van der Waals surface area (Å²) in [6.45, 7) is 0. The van der Waals surface area contributed by atoms with E-state index in [0.717, 1.165) is 29.5 Å². The molecule has 0 aliphatic heterocycles. The average molecular weight is 484 g/mol. The molecule has 1 heterocycles. The van der Waals surface area contributed by atoms with Crippen LogP contribution in [0.5, 0.6) is 0 Å². The topological polar surface area (TPSA) is 4.93 Å². The highest BCUT2D eigenvalue weighted by Gasteiger charge is 2.20. The number of rotatable bonds is 1. The standard InChI is InChI=1S/C13H10Br3NS2/c14-7-5-8(15)12(9(16)6-7)17-10-3-1-2-4-11(10)19-13(17)18/h5-6H,1-4H2. The summed E-state index contributed by atoms with van der Waals surface area (Å²) in [5.74, 6) is 0. The molecule has 0 atom stereocenters. The molecule has 19 heavy (non-hydrogen) atoms. The molecule has 0 unspecified atom stereocenters. The minimum absolute atomic E-state index is 0.940. The van der Waals surface area contributed by atoms with Gasteiger partial charge in [0.05, 0.1) is 5.69 Å². The van der Waals surface area contributed by atoms with Crippen LogP contribution in [0, 0.1) is 3.95 Å². The predicted molar refractivity (Wildman–Crippen MR) is 94.2 cm³/mol. The number of fused-ring (bicyclic) bond motifs is 1. The number of hydrogen-bond acceptors (Lipinski definition) is 2. The van der Waals surface area contributed by atoms with E-state index >= 15 is 0 Å². The number of aromatic nitrogens is 1. The average Bonchev–Trinajstić information content (AvgIpc) is 2.65. The largest absolute Gasteiger partial charge is 0.293 e. The van der Waals surface area contributed by atoms with Gasteiger partial charge in [0, 0.05) is 24.0 Å². The highest BCUT2D eigenvalue weighted by Crippen LogP contribution is 2.38. The van der Waals surface area contributed by atoms with Gasteiger partial charge in [-0.25, -0.2) is 0 Å². The van der Waals surface area contributed by atoms with Gasteiger partial charge in [-0.2, -0.15) is 0 Å². The van der Waals surface area contributed by atoms with Crippen molar-refractivity contribution in [3.05, 3.63) is 40.1 Å². The van der Waals surface area contributed by atoms with E-state index in [-0.39, 0.29) is 0 Å². The summed E-state index contributed by atoms with van der Waals surface area (Å²) in [6, 6.07) is 4.13. The fourth-order valence-corrected chi connectivity index (χ4v) is 6.62. The molecule has 0 N–H and O–H groups in total. The van der Waals surface area contributed by atoms with Crippen LogP contribution in [0.15, 0.2) is 25.6 Å². The first kappa shape index (κ1) is 14.4. The highest BCUT2D eigenvalue weighted by molar-refractivity contribution is 9.11. The Morgan fingerprint density at radius 2 is 1.68 bits per heavy atom. The lowest BCUT2D eigenvalue weighted by Gasteiger charge is -2.17. The molecule has 0 radical (unpaired) electrons. The van der Waals surface area contributed by atoms with E-state index in [2.05, 4.69) is 64.5 Å². The zero-order valence-corrected chi connectivity index (χ0v) is 16.3. The SMILES string of the molecule is S=c1sc2c(n1-c1c(Br)cc(Br)cc1Br)CCCC2. The Balaban J connectivity index is 2.29. The fourth-order valence-electron chi connectivity index (χ4n) is 2.44. The fraction of sp³-hybridized carbons (Fsp3) is 0.308. The Hall–Kier alpha value is 0.510. The smallest absolute Gasteiger partial charge is 0.166 e. The zero-order valence-electron chi connectivity index (χ0n) is 9.88. The third-order valence-corrected chi connectivity index (χ3v) is 6.40. The Labute approximate surface area is 146 Å². The maximum atomic E-state index is 5.58. The first-order valence-corrected chi connectivity index (χ1v) is 9.57. The van der Waals surface area contributed by atoms with Gasteiger partial charge in [0.25, 0.3) is 0 Å². The molecule has 1 aromatic heterocycles. The molecule has 1 aromatic carbocycles. The van der Waals surface area contributed by atoms with Crippen molar-refractivity contribution in [3.8, 4) is 5.69 Å². The number of aryl methyl sites for hydroxylation is 1. The molecule has 0 saturated carbocycles. The summed E-state index contributed by atoms with van der Waals surface area (Å²) >= 11 is 18.2. The van der Waals surface area contributed by atoms with Crippen molar-refractivity contribution in [2.45, 2.75) is 25.7 Å². The summed E-state index contributed by atoms with van der Waals surface area (Å²) < 4.78 is 6.32. The van der Waals surface area contributed by atoms with E-state index in [0.29, 0.717) is 0 Å². The molecule has 0 bridgehead atoms. The Morgan fingerprint density at radius 1 is 1.05 bits per heavy atom. The number of hydrogen-bond donors (Lipinski definition) is 0. The van der Waals surface area contributed by atoms with Crippen LogP contribution in [-0.4, -0.2) is 4.57 Å². The number of nitrogens with zero attached hydrogens (tertiary/aromatic N) is 1. The monoisotopic (exact) mass is 481 g/mol. The van der Waals surface area contributed by atoms with Crippen molar-refractivity contribution in [1.29, 1.82) is 0 Å². The molecule has 2 aromatic rings. The molecular formula is C13H10Br3NS2. The molecule has 1 aliphatic rings. The van der Waals surface area contributed by atoms with E-state index in [1.165, 1.54) is 29.8 Å². The number of benzene rings is 1. The van der Waals surface area contributed by atoms with Crippen molar-refractivity contribution in [2.75, 3.05) is 0 Å². The van der Waals surface area contributed by atoms with E-state index in [9.17, 15) is 0 Å². The maximum absolute atomic E-state index is 5.58. The maximum Gasteiger partial charge on any atom is 0.166 e. The second kappa shape index (κ2) is 5.72. The van der Waals surface area contributed by atoms with E-state index in [1.807, 2.05) is 0 Å².